The summed E-state index contributed by atoms with van der Waals surface area (Å²) in [4.78, 5) is 17.7. The Kier molecular flexibility index (Phi) is 7.33. The first kappa shape index (κ1) is 24.3. The fourth-order valence-electron chi connectivity index (χ4n) is 3.06. The highest BCUT2D eigenvalue weighted by Gasteiger charge is 2.13. The van der Waals surface area contributed by atoms with Gasteiger partial charge < -0.3 is 9.30 Å². The first-order valence-electron chi connectivity index (χ1n) is 9.77. The van der Waals surface area contributed by atoms with Crippen molar-refractivity contribution >= 4 is 47.1 Å². The summed E-state index contributed by atoms with van der Waals surface area (Å²) in [6, 6.07) is 10.9. The van der Waals surface area contributed by atoms with Gasteiger partial charge in [0.05, 0.1) is 33.0 Å². The minimum Gasteiger partial charge on any atom is -0.380 e. The number of sulfone groups is 2. The number of thiazole rings is 1. The van der Waals surface area contributed by atoms with Crippen molar-refractivity contribution in [3.8, 4) is 0 Å². The molecule has 3 aromatic rings. The van der Waals surface area contributed by atoms with Gasteiger partial charge in [0.2, 0.25) is 0 Å². The number of hydrogen-bond donors (Lipinski definition) is 0. The van der Waals surface area contributed by atoms with Crippen molar-refractivity contribution in [2.24, 2.45) is 4.99 Å². The van der Waals surface area contributed by atoms with Gasteiger partial charge in [-0.05, 0) is 42.8 Å². The van der Waals surface area contributed by atoms with E-state index in [1.165, 1.54) is 29.5 Å². The van der Waals surface area contributed by atoms with Crippen molar-refractivity contribution in [1.82, 2.24) is 4.57 Å². The second-order valence-electron chi connectivity index (χ2n) is 7.23. The molecule has 0 fully saturated rings. The van der Waals surface area contributed by atoms with Crippen molar-refractivity contribution in [2.45, 2.75) is 29.7 Å². The third-order valence-electron chi connectivity index (χ3n) is 4.67. The molecule has 0 N–H and O–H groups in total. The predicted octanol–water partition coefficient (Wildman–Crippen LogP) is 2.22. The van der Waals surface area contributed by atoms with Gasteiger partial charge in [-0.1, -0.05) is 23.5 Å². The predicted molar refractivity (Wildman–Crippen MR) is 123 cm³/mol. The molecular weight excluding hydrogens is 472 g/mol. The molecular formula is C21H24N2O6S3. The van der Waals surface area contributed by atoms with E-state index in [-0.39, 0.29) is 16.2 Å². The molecule has 0 aliphatic heterocycles. The highest BCUT2D eigenvalue weighted by atomic mass is 32.2. The van der Waals surface area contributed by atoms with Crippen LogP contribution in [0.3, 0.4) is 0 Å². The highest BCUT2D eigenvalue weighted by Crippen LogP contribution is 2.22. The van der Waals surface area contributed by atoms with Crippen molar-refractivity contribution in [1.29, 1.82) is 0 Å². The first-order chi connectivity index (χ1) is 15.0. The molecule has 8 nitrogen and oxygen atoms in total. The van der Waals surface area contributed by atoms with Gasteiger partial charge in [0, 0.05) is 25.7 Å². The molecule has 0 aliphatic rings. The van der Waals surface area contributed by atoms with Crippen LogP contribution in [0.15, 0.2) is 57.2 Å². The quantitative estimate of drug-likeness (QED) is 0.442. The lowest BCUT2D eigenvalue weighted by Crippen LogP contribution is -2.20. The third-order valence-corrected chi connectivity index (χ3v) is 7.95. The molecule has 0 atom stereocenters. The van der Waals surface area contributed by atoms with Crippen LogP contribution in [0.25, 0.3) is 10.2 Å². The van der Waals surface area contributed by atoms with Gasteiger partial charge in [-0.3, -0.25) is 4.79 Å². The van der Waals surface area contributed by atoms with E-state index in [0.717, 1.165) is 18.0 Å². The second-order valence-corrected chi connectivity index (χ2v) is 12.3. The van der Waals surface area contributed by atoms with Crippen LogP contribution in [-0.4, -0.2) is 53.0 Å². The van der Waals surface area contributed by atoms with E-state index in [0.29, 0.717) is 34.8 Å². The number of amides is 1. The molecule has 1 aromatic heterocycles. The van der Waals surface area contributed by atoms with Gasteiger partial charge in [-0.2, -0.15) is 4.99 Å². The van der Waals surface area contributed by atoms with Crippen molar-refractivity contribution < 1.29 is 26.4 Å². The lowest BCUT2D eigenvalue weighted by Gasteiger charge is -2.06. The van der Waals surface area contributed by atoms with Gasteiger partial charge in [0.1, 0.15) is 0 Å². The number of ether oxygens (including phenoxy) is 1. The maximum Gasteiger partial charge on any atom is 0.252 e. The number of nitrogens with zero attached hydrogens (tertiary/aromatic N) is 2. The largest absolute Gasteiger partial charge is 0.380 e. The average molecular weight is 497 g/mol. The number of rotatable bonds is 8. The summed E-state index contributed by atoms with van der Waals surface area (Å²) in [6.07, 6.45) is 2.28. The molecule has 0 spiro atoms. The van der Waals surface area contributed by atoms with Crippen LogP contribution in [-0.2, 0) is 42.2 Å². The van der Waals surface area contributed by atoms with Crippen LogP contribution in [0.2, 0.25) is 0 Å². The number of carbonyl (C=O) groups excluding carboxylic acids is 1. The minimum absolute atomic E-state index is 0.0122. The van der Waals surface area contributed by atoms with Crippen LogP contribution in [0, 0.1) is 0 Å². The summed E-state index contributed by atoms with van der Waals surface area (Å²) in [6.45, 7) is 3.32. The normalized spacial score (nSPS) is 13.0. The Balaban J connectivity index is 1.97. The maximum absolute atomic E-state index is 12.6. The molecule has 0 aliphatic carbocycles. The first-order valence-corrected chi connectivity index (χ1v) is 14.4. The Morgan fingerprint density at radius 3 is 2.22 bits per heavy atom. The number of hydrogen-bond acceptors (Lipinski definition) is 7. The third kappa shape index (κ3) is 5.91. The van der Waals surface area contributed by atoms with Crippen molar-refractivity contribution in [2.75, 3.05) is 25.7 Å². The van der Waals surface area contributed by atoms with Crippen molar-refractivity contribution in [3.63, 3.8) is 0 Å². The van der Waals surface area contributed by atoms with E-state index in [1.54, 1.807) is 24.3 Å². The molecule has 0 saturated carbocycles. The Morgan fingerprint density at radius 1 is 1.00 bits per heavy atom. The molecule has 32 heavy (non-hydrogen) atoms. The highest BCUT2D eigenvalue weighted by molar-refractivity contribution is 7.91. The molecule has 2 aromatic carbocycles. The summed E-state index contributed by atoms with van der Waals surface area (Å²) in [5, 5.41) is 0. The Morgan fingerprint density at radius 2 is 1.62 bits per heavy atom. The molecule has 3 rings (SSSR count). The summed E-state index contributed by atoms with van der Waals surface area (Å²) in [5.74, 6) is -0.392. The lowest BCUT2D eigenvalue weighted by molar-refractivity contribution is -0.117. The van der Waals surface area contributed by atoms with Crippen LogP contribution in [0.1, 0.15) is 12.5 Å². The zero-order valence-corrected chi connectivity index (χ0v) is 20.4. The summed E-state index contributed by atoms with van der Waals surface area (Å²) < 4.78 is 55.0. The molecule has 1 heterocycles. The molecule has 0 unspecified atom stereocenters. The molecule has 1 amide bonds. The topological polar surface area (TPSA) is 112 Å². The SMILES string of the molecule is CCOCCn1c(=NC(=O)Cc2ccc(S(C)(=O)=O)cc2)sc2cc(S(C)(=O)=O)ccc21. The second kappa shape index (κ2) is 9.65. The fraction of sp³-hybridized carbons (Fsp3) is 0.333. The Hall–Kier alpha value is -2.34. The summed E-state index contributed by atoms with van der Waals surface area (Å²) >= 11 is 1.23. The van der Waals surface area contributed by atoms with Crippen LogP contribution >= 0.6 is 11.3 Å². The zero-order valence-electron chi connectivity index (χ0n) is 17.9. The van der Waals surface area contributed by atoms with Gasteiger partial charge in [-0.15, -0.1) is 0 Å². The lowest BCUT2D eigenvalue weighted by atomic mass is 10.1. The monoisotopic (exact) mass is 496 g/mol. The molecule has 11 heteroatoms. The van der Waals surface area contributed by atoms with E-state index in [2.05, 4.69) is 4.99 Å². The van der Waals surface area contributed by atoms with E-state index in [4.69, 9.17) is 4.74 Å². The zero-order chi connectivity index (χ0) is 23.5. The summed E-state index contributed by atoms with van der Waals surface area (Å²) in [7, 11) is -6.67. The number of carbonyl (C=O) groups is 1. The van der Waals surface area contributed by atoms with Gasteiger partial charge in [0.15, 0.2) is 24.5 Å². The van der Waals surface area contributed by atoms with Crippen LogP contribution in [0.4, 0.5) is 0 Å². The smallest absolute Gasteiger partial charge is 0.252 e. The minimum atomic E-state index is -3.36. The molecule has 0 bridgehead atoms. The standard InChI is InChI=1S/C21H24N2O6S3/c1-4-29-12-11-23-18-10-9-17(32(3,27)28)14-19(18)30-21(23)22-20(24)13-15-5-7-16(8-6-15)31(2,25)26/h5-10,14H,4,11-13H2,1-3H3. The van der Waals surface area contributed by atoms with Crippen LogP contribution < -0.4 is 4.80 Å². The van der Waals surface area contributed by atoms with Gasteiger partial charge >= 0.3 is 0 Å². The Bertz CT molecular complexity index is 1420. The van der Waals surface area contributed by atoms with Gasteiger partial charge in [-0.25, -0.2) is 16.8 Å². The number of aromatic nitrogens is 1. The average Bonchev–Trinajstić information content (AvgIpc) is 3.03. The fourth-order valence-corrected chi connectivity index (χ4v) is 5.53. The molecule has 0 saturated heterocycles. The molecule has 172 valence electrons. The number of fused-ring (bicyclic) bond motifs is 1. The molecule has 0 radical (unpaired) electrons. The van der Waals surface area contributed by atoms with Gasteiger partial charge in [0.25, 0.3) is 5.91 Å². The summed E-state index contributed by atoms with van der Waals surface area (Å²) in [5.41, 5.74) is 1.42. The van der Waals surface area contributed by atoms with E-state index < -0.39 is 25.6 Å². The Labute approximate surface area is 191 Å². The van der Waals surface area contributed by atoms with Crippen molar-refractivity contribution in [3.05, 3.63) is 52.8 Å². The van der Waals surface area contributed by atoms with E-state index in [9.17, 15) is 21.6 Å². The maximum atomic E-state index is 12.6. The van der Waals surface area contributed by atoms with Crippen LogP contribution in [0.5, 0.6) is 0 Å². The van der Waals surface area contributed by atoms with E-state index >= 15 is 0 Å². The number of benzene rings is 2. The van der Waals surface area contributed by atoms with E-state index in [1.807, 2.05) is 11.5 Å².